The SMILES string of the molecule is NC(c1cc(Br)c(Br)s1)C1CCOC2(CCCC2)C1. The van der Waals surface area contributed by atoms with E-state index in [1.807, 2.05) is 0 Å². The third kappa shape index (κ3) is 2.95. The molecular formula is C14H19Br2NOS. The molecule has 2 N–H and O–H groups in total. The lowest BCUT2D eigenvalue weighted by atomic mass is 9.80. The number of thiophene rings is 1. The summed E-state index contributed by atoms with van der Waals surface area (Å²) in [5.74, 6) is 0.560. The van der Waals surface area contributed by atoms with Gasteiger partial charge in [-0.05, 0) is 69.5 Å². The van der Waals surface area contributed by atoms with E-state index < -0.39 is 0 Å². The lowest BCUT2D eigenvalue weighted by Crippen LogP contribution is -2.40. The maximum atomic E-state index is 6.52. The van der Waals surface area contributed by atoms with Gasteiger partial charge in [0.25, 0.3) is 0 Å². The third-order valence-corrected chi connectivity index (χ3v) is 7.90. The summed E-state index contributed by atoms with van der Waals surface area (Å²) >= 11 is 8.86. The summed E-state index contributed by atoms with van der Waals surface area (Å²) in [5.41, 5.74) is 6.68. The van der Waals surface area contributed by atoms with E-state index in [2.05, 4.69) is 37.9 Å². The lowest BCUT2D eigenvalue weighted by molar-refractivity contribution is -0.0962. The average molecular weight is 409 g/mol. The van der Waals surface area contributed by atoms with E-state index in [1.54, 1.807) is 11.3 Å². The fourth-order valence-electron chi connectivity index (χ4n) is 3.50. The van der Waals surface area contributed by atoms with Crippen LogP contribution in [0.5, 0.6) is 0 Å². The molecule has 1 aliphatic carbocycles. The number of halogens is 2. The third-order valence-electron chi connectivity index (χ3n) is 4.55. The van der Waals surface area contributed by atoms with Gasteiger partial charge in [-0.25, -0.2) is 0 Å². The molecule has 1 saturated carbocycles. The van der Waals surface area contributed by atoms with Crippen LogP contribution in [0.25, 0.3) is 0 Å². The van der Waals surface area contributed by atoms with Gasteiger partial charge in [-0.2, -0.15) is 0 Å². The minimum Gasteiger partial charge on any atom is -0.375 e. The minimum absolute atomic E-state index is 0.147. The molecule has 106 valence electrons. The summed E-state index contributed by atoms with van der Waals surface area (Å²) in [7, 11) is 0. The molecule has 0 radical (unpaired) electrons. The molecule has 2 aliphatic rings. The first-order chi connectivity index (χ1) is 9.10. The molecule has 2 unspecified atom stereocenters. The van der Waals surface area contributed by atoms with E-state index in [1.165, 1.54) is 30.6 Å². The fourth-order valence-corrected chi connectivity index (χ4v) is 5.68. The van der Waals surface area contributed by atoms with Crippen LogP contribution in [0.3, 0.4) is 0 Å². The highest BCUT2D eigenvalue weighted by Gasteiger charge is 2.41. The molecule has 5 heteroatoms. The summed E-state index contributed by atoms with van der Waals surface area (Å²) in [6.07, 6.45) is 7.33. The molecule has 1 aromatic heterocycles. The monoisotopic (exact) mass is 407 g/mol. The van der Waals surface area contributed by atoms with E-state index in [9.17, 15) is 0 Å². The Morgan fingerprint density at radius 3 is 2.74 bits per heavy atom. The standard InChI is InChI=1S/C14H19Br2NOS/c15-10-7-11(19-13(10)16)12(17)9-3-6-18-14(8-9)4-1-2-5-14/h7,9,12H,1-6,8,17H2. The average Bonchev–Trinajstić information content (AvgIpc) is 2.97. The zero-order chi connectivity index (χ0) is 13.5. The van der Waals surface area contributed by atoms with E-state index >= 15 is 0 Å². The predicted octanol–water partition coefficient (Wildman–Crippen LogP) is 5.01. The van der Waals surface area contributed by atoms with E-state index in [0.29, 0.717) is 5.92 Å². The van der Waals surface area contributed by atoms with Crippen molar-refractivity contribution in [2.75, 3.05) is 6.61 Å². The van der Waals surface area contributed by atoms with Crippen LogP contribution in [0.2, 0.25) is 0 Å². The van der Waals surface area contributed by atoms with Crippen LogP contribution in [0, 0.1) is 5.92 Å². The van der Waals surface area contributed by atoms with Crippen LogP contribution >= 0.6 is 43.2 Å². The van der Waals surface area contributed by atoms with Crippen LogP contribution in [0.15, 0.2) is 14.3 Å². The highest BCUT2D eigenvalue weighted by atomic mass is 79.9. The Hall–Kier alpha value is 0.580. The molecule has 3 rings (SSSR count). The minimum atomic E-state index is 0.147. The van der Waals surface area contributed by atoms with Crippen LogP contribution in [0.4, 0.5) is 0 Å². The molecule has 2 atom stereocenters. The van der Waals surface area contributed by atoms with Crippen LogP contribution in [-0.2, 0) is 4.74 Å². The summed E-state index contributed by atoms with van der Waals surface area (Å²) in [5, 5.41) is 0. The van der Waals surface area contributed by atoms with Gasteiger partial charge >= 0.3 is 0 Å². The Kier molecular flexibility index (Phi) is 4.40. The van der Waals surface area contributed by atoms with Gasteiger partial charge in [0.1, 0.15) is 0 Å². The molecule has 1 spiro atoms. The molecule has 0 aromatic carbocycles. The molecule has 2 nitrogen and oxygen atoms in total. The molecule has 2 fully saturated rings. The van der Waals surface area contributed by atoms with Gasteiger partial charge in [0.2, 0.25) is 0 Å². The largest absolute Gasteiger partial charge is 0.375 e. The van der Waals surface area contributed by atoms with E-state index in [4.69, 9.17) is 10.5 Å². The van der Waals surface area contributed by atoms with Crippen molar-refractivity contribution in [3.05, 3.63) is 19.2 Å². The topological polar surface area (TPSA) is 35.2 Å². The van der Waals surface area contributed by atoms with Crippen molar-refractivity contribution in [3.63, 3.8) is 0 Å². The van der Waals surface area contributed by atoms with Gasteiger partial charge in [0.05, 0.1) is 9.39 Å². The fraction of sp³-hybridized carbons (Fsp3) is 0.714. The van der Waals surface area contributed by atoms with Gasteiger partial charge < -0.3 is 10.5 Å². The number of hydrogen-bond donors (Lipinski definition) is 1. The molecule has 1 aliphatic heterocycles. The molecule has 2 heterocycles. The molecule has 19 heavy (non-hydrogen) atoms. The molecule has 1 saturated heterocycles. The van der Waals surface area contributed by atoms with Crippen molar-refractivity contribution < 1.29 is 4.74 Å². The highest BCUT2D eigenvalue weighted by Crippen LogP contribution is 2.46. The summed E-state index contributed by atoms with van der Waals surface area (Å²) in [6, 6.07) is 2.31. The Morgan fingerprint density at radius 2 is 2.11 bits per heavy atom. The van der Waals surface area contributed by atoms with Gasteiger partial charge in [0, 0.05) is 22.0 Å². The number of ether oxygens (including phenoxy) is 1. The second-order valence-corrected chi connectivity index (χ2v) is 9.04. The number of rotatable bonds is 2. The van der Waals surface area contributed by atoms with Crippen molar-refractivity contribution in [2.24, 2.45) is 11.7 Å². The Bertz CT molecular complexity index is 437. The molecular weight excluding hydrogens is 390 g/mol. The van der Waals surface area contributed by atoms with Gasteiger partial charge in [0.15, 0.2) is 0 Å². The van der Waals surface area contributed by atoms with E-state index in [-0.39, 0.29) is 11.6 Å². The predicted molar refractivity (Wildman–Crippen MR) is 86.5 cm³/mol. The normalized spacial score (nSPS) is 27.8. The van der Waals surface area contributed by atoms with Gasteiger partial charge in [-0.3, -0.25) is 0 Å². The van der Waals surface area contributed by atoms with Crippen LogP contribution in [0.1, 0.15) is 49.4 Å². The Morgan fingerprint density at radius 1 is 1.37 bits per heavy atom. The zero-order valence-corrected chi connectivity index (χ0v) is 14.8. The first kappa shape index (κ1) is 14.5. The first-order valence-corrected chi connectivity index (χ1v) is 9.34. The molecule has 0 bridgehead atoms. The van der Waals surface area contributed by atoms with Crippen molar-refractivity contribution in [3.8, 4) is 0 Å². The second-order valence-electron chi connectivity index (χ2n) is 5.79. The van der Waals surface area contributed by atoms with Crippen molar-refractivity contribution in [1.29, 1.82) is 0 Å². The first-order valence-electron chi connectivity index (χ1n) is 6.94. The van der Waals surface area contributed by atoms with Crippen molar-refractivity contribution in [2.45, 2.75) is 50.2 Å². The van der Waals surface area contributed by atoms with Gasteiger partial charge in [-0.1, -0.05) is 12.8 Å². The zero-order valence-electron chi connectivity index (χ0n) is 10.8. The van der Waals surface area contributed by atoms with Crippen molar-refractivity contribution in [1.82, 2.24) is 0 Å². The van der Waals surface area contributed by atoms with Gasteiger partial charge in [-0.15, -0.1) is 11.3 Å². The lowest BCUT2D eigenvalue weighted by Gasteiger charge is -2.40. The Balaban J connectivity index is 1.74. The summed E-state index contributed by atoms with van der Waals surface area (Å²) < 4.78 is 8.36. The Labute approximate surface area is 135 Å². The second kappa shape index (κ2) is 5.76. The summed E-state index contributed by atoms with van der Waals surface area (Å²) in [4.78, 5) is 1.28. The van der Waals surface area contributed by atoms with Crippen LogP contribution < -0.4 is 5.73 Å². The van der Waals surface area contributed by atoms with Crippen molar-refractivity contribution >= 4 is 43.2 Å². The maximum absolute atomic E-state index is 6.52. The maximum Gasteiger partial charge on any atom is 0.0843 e. The van der Waals surface area contributed by atoms with Crippen LogP contribution in [-0.4, -0.2) is 12.2 Å². The molecule has 1 aromatic rings. The number of hydrogen-bond acceptors (Lipinski definition) is 3. The molecule has 0 amide bonds. The quantitative estimate of drug-likeness (QED) is 0.746. The van der Waals surface area contributed by atoms with E-state index in [0.717, 1.165) is 27.7 Å². The highest BCUT2D eigenvalue weighted by molar-refractivity contribution is 9.13. The smallest absolute Gasteiger partial charge is 0.0843 e. The number of nitrogens with two attached hydrogens (primary N) is 1. The summed E-state index contributed by atoms with van der Waals surface area (Å²) in [6.45, 7) is 0.881.